The molecule has 4 heterocycles. The summed E-state index contributed by atoms with van der Waals surface area (Å²) in [6.45, 7) is 2.64. The van der Waals surface area contributed by atoms with Gasteiger partial charge in [0.1, 0.15) is 11.6 Å². The van der Waals surface area contributed by atoms with Gasteiger partial charge in [-0.1, -0.05) is 0 Å². The molecule has 2 aromatic rings. The first-order chi connectivity index (χ1) is 14.3. The summed E-state index contributed by atoms with van der Waals surface area (Å²) in [6, 6.07) is 3.22. The summed E-state index contributed by atoms with van der Waals surface area (Å²) >= 11 is 0. The van der Waals surface area contributed by atoms with Crippen LogP contribution in [0.1, 0.15) is 43.8 Å². The molecule has 0 saturated carbocycles. The molecule has 1 amide bonds. The zero-order chi connectivity index (χ0) is 21.3. The molecule has 1 N–H and O–H groups in total. The van der Waals surface area contributed by atoms with Gasteiger partial charge in [-0.25, -0.2) is 4.68 Å². The number of carbonyl (C=O) groups is 1. The molecular weight excluding hydrogens is 399 g/mol. The summed E-state index contributed by atoms with van der Waals surface area (Å²) in [6.07, 6.45) is 0.277. The van der Waals surface area contributed by atoms with Crippen molar-refractivity contribution in [3.8, 4) is 5.75 Å². The molecule has 1 unspecified atom stereocenters. The molecule has 0 aliphatic carbocycles. The molecule has 4 rings (SSSR count). The summed E-state index contributed by atoms with van der Waals surface area (Å²) in [5.41, 5.74) is 0.589. The third-order valence-electron chi connectivity index (χ3n) is 5.59. The lowest BCUT2D eigenvalue weighted by Gasteiger charge is -2.32. The summed E-state index contributed by atoms with van der Waals surface area (Å²) in [7, 11) is 0. The van der Waals surface area contributed by atoms with Crippen LogP contribution in [0.2, 0.25) is 0 Å². The fraction of sp³-hybridized carbons (Fsp3) is 0.550. The Bertz CT molecular complexity index is 886. The lowest BCUT2D eigenvalue weighted by Crippen LogP contribution is -2.41. The van der Waals surface area contributed by atoms with Gasteiger partial charge >= 0.3 is 6.18 Å². The van der Waals surface area contributed by atoms with Crippen molar-refractivity contribution in [2.45, 2.75) is 50.4 Å². The van der Waals surface area contributed by atoms with E-state index in [0.717, 1.165) is 17.5 Å². The van der Waals surface area contributed by atoms with Crippen LogP contribution in [0, 0.1) is 0 Å². The van der Waals surface area contributed by atoms with Crippen molar-refractivity contribution < 1.29 is 22.7 Å². The van der Waals surface area contributed by atoms with Gasteiger partial charge in [-0.3, -0.25) is 9.78 Å². The average molecular weight is 423 g/mol. The summed E-state index contributed by atoms with van der Waals surface area (Å²) in [5, 5.41) is 7.39. The predicted octanol–water partition coefficient (Wildman–Crippen LogP) is 3.37. The minimum absolute atomic E-state index is 0.0570. The molecule has 1 fully saturated rings. The maximum atomic E-state index is 13.5. The van der Waals surface area contributed by atoms with Crippen LogP contribution in [0.25, 0.3) is 0 Å². The summed E-state index contributed by atoms with van der Waals surface area (Å²) < 4.78 is 47.0. The van der Waals surface area contributed by atoms with E-state index in [0.29, 0.717) is 30.4 Å². The first-order valence-electron chi connectivity index (χ1n) is 10.0. The van der Waals surface area contributed by atoms with Crippen LogP contribution in [0.15, 0.2) is 30.6 Å². The number of likely N-dealkylation sites (tertiary alicyclic amines) is 1. The van der Waals surface area contributed by atoms with E-state index in [1.54, 1.807) is 36.2 Å². The highest BCUT2D eigenvalue weighted by atomic mass is 19.4. The highest BCUT2D eigenvalue weighted by Gasteiger charge is 2.45. The highest BCUT2D eigenvalue weighted by molar-refractivity contribution is 5.78. The van der Waals surface area contributed by atoms with Crippen LogP contribution in [0.3, 0.4) is 0 Å². The standard InChI is InChI=1S/C20H24F3N5O2/c1-13-8-17(20(21,22)23)28-18(25-13)9-16(26-28)14-4-3-7-27(11-14)19(29)12-30-15-5-2-6-24-10-15/h2,5-6,9-10,13-14,17,25H,3-4,7-8,11-12H2,1H3/t13-,14?,17-/m1/s1. The topological polar surface area (TPSA) is 72.3 Å². The molecule has 2 aliphatic heterocycles. The van der Waals surface area contributed by atoms with Crippen LogP contribution < -0.4 is 10.1 Å². The van der Waals surface area contributed by atoms with E-state index >= 15 is 0 Å². The van der Waals surface area contributed by atoms with Gasteiger partial charge in [0.2, 0.25) is 0 Å². The van der Waals surface area contributed by atoms with Crippen molar-refractivity contribution in [3.05, 3.63) is 36.3 Å². The Morgan fingerprint density at radius 2 is 2.23 bits per heavy atom. The molecule has 7 nitrogen and oxygen atoms in total. The number of pyridine rings is 1. The number of nitrogens with one attached hydrogen (secondary N) is 1. The SMILES string of the molecule is C[C@@H]1C[C@H](C(F)(F)F)n2nc(C3CCCN(C(=O)COc4cccnc4)C3)cc2N1. The number of alkyl halides is 3. The second kappa shape index (κ2) is 8.16. The number of amides is 1. The molecule has 30 heavy (non-hydrogen) atoms. The molecule has 2 aliphatic rings. The van der Waals surface area contributed by atoms with Gasteiger partial charge in [-0.15, -0.1) is 0 Å². The van der Waals surface area contributed by atoms with E-state index in [4.69, 9.17) is 4.74 Å². The zero-order valence-corrected chi connectivity index (χ0v) is 16.6. The Kier molecular flexibility index (Phi) is 5.57. The molecule has 162 valence electrons. The summed E-state index contributed by atoms with van der Waals surface area (Å²) in [5.74, 6) is 0.631. The molecule has 0 radical (unpaired) electrons. The lowest BCUT2D eigenvalue weighted by molar-refractivity contribution is -0.173. The number of carbonyl (C=O) groups excluding carboxylic acids is 1. The van der Waals surface area contributed by atoms with Crippen molar-refractivity contribution >= 4 is 11.7 Å². The minimum atomic E-state index is -4.35. The molecule has 0 aromatic carbocycles. The number of ether oxygens (including phenoxy) is 1. The first-order valence-corrected chi connectivity index (χ1v) is 10.0. The Morgan fingerprint density at radius 1 is 1.40 bits per heavy atom. The fourth-order valence-electron chi connectivity index (χ4n) is 4.09. The van der Waals surface area contributed by atoms with E-state index in [1.807, 2.05) is 0 Å². The molecule has 0 spiro atoms. The van der Waals surface area contributed by atoms with E-state index in [9.17, 15) is 18.0 Å². The van der Waals surface area contributed by atoms with Crippen LogP contribution in [-0.2, 0) is 4.79 Å². The van der Waals surface area contributed by atoms with Crippen molar-refractivity contribution in [2.24, 2.45) is 0 Å². The normalized spacial score (nSPS) is 24.1. The van der Waals surface area contributed by atoms with Crippen LogP contribution in [0.5, 0.6) is 5.75 Å². The molecule has 2 aromatic heterocycles. The average Bonchev–Trinajstić information content (AvgIpc) is 3.15. The van der Waals surface area contributed by atoms with E-state index in [2.05, 4.69) is 15.4 Å². The number of fused-ring (bicyclic) bond motifs is 1. The molecule has 3 atom stereocenters. The third kappa shape index (κ3) is 4.36. The van der Waals surface area contributed by atoms with Gasteiger partial charge in [0.15, 0.2) is 12.6 Å². The smallest absolute Gasteiger partial charge is 0.410 e. The van der Waals surface area contributed by atoms with Gasteiger partial charge in [0.05, 0.1) is 11.9 Å². The van der Waals surface area contributed by atoms with Crippen LogP contribution in [0.4, 0.5) is 19.0 Å². The minimum Gasteiger partial charge on any atom is -0.482 e. The van der Waals surface area contributed by atoms with Crippen LogP contribution >= 0.6 is 0 Å². The third-order valence-corrected chi connectivity index (χ3v) is 5.59. The number of hydrogen-bond acceptors (Lipinski definition) is 5. The Balaban J connectivity index is 1.44. The Hall–Kier alpha value is -2.78. The van der Waals surface area contributed by atoms with Gasteiger partial charge in [0, 0.05) is 37.3 Å². The molecule has 10 heteroatoms. The highest BCUT2D eigenvalue weighted by Crippen LogP contribution is 2.40. The molecule has 1 saturated heterocycles. The van der Waals surface area contributed by atoms with E-state index in [-0.39, 0.29) is 30.9 Å². The number of nitrogens with zero attached hydrogens (tertiary/aromatic N) is 4. The maximum absolute atomic E-state index is 13.5. The number of anilines is 1. The fourth-order valence-corrected chi connectivity index (χ4v) is 4.09. The predicted molar refractivity (Wildman–Crippen MR) is 103 cm³/mol. The van der Waals surface area contributed by atoms with E-state index < -0.39 is 12.2 Å². The number of halogens is 3. The summed E-state index contributed by atoms with van der Waals surface area (Å²) in [4.78, 5) is 18.2. The van der Waals surface area contributed by atoms with Gasteiger partial charge in [-0.2, -0.15) is 18.3 Å². The lowest BCUT2D eigenvalue weighted by atomic mass is 9.95. The maximum Gasteiger partial charge on any atom is 0.410 e. The largest absolute Gasteiger partial charge is 0.482 e. The van der Waals surface area contributed by atoms with Gasteiger partial charge < -0.3 is 15.0 Å². The number of rotatable bonds is 4. The van der Waals surface area contributed by atoms with Gasteiger partial charge in [0.25, 0.3) is 5.91 Å². The first kappa shape index (κ1) is 20.5. The quantitative estimate of drug-likeness (QED) is 0.817. The number of aromatic nitrogens is 3. The monoisotopic (exact) mass is 423 g/mol. The number of hydrogen-bond donors (Lipinski definition) is 1. The Morgan fingerprint density at radius 3 is 2.97 bits per heavy atom. The second-order valence-electron chi connectivity index (χ2n) is 7.89. The van der Waals surface area contributed by atoms with Crippen molar-refractivity contribution in [2.75, 3.05) is 25.0 Å². The van der Waals surface area contributed by atoms with Crippen LogP contribution in [-0.4, -0.2) is 57.5 Å². The second-order valence-corrected chi connectivity index (χ2v) is 7.89. The molecule has 0 bridgehead atoms. The van der Waals surface area contributed by atoms with Crippen molar-refractivity contribution in [1.29, 1.82) is 0 Å². The van der Waals surface area contributed by atoms with Crippen molar-refractivity contribution in [1.82, 2.24) is 19.7 Å². The molecular formula is C20H24F3N5O2. The zero-order valence-electron chi connectivity index (χ0n) is 16.6. The number of piperidine rings is 1. The van der Waals surface area contributed by atoms with E-state index in [1.165, 1.54) is 6.20 Å². The van der Waals surface area contributed by atoms with Gasteiger partial charge in [-0.05, 0) is 38.3 Å². The Labute approximate surface area is 172 Å². The van der Waals surface area contributed by atoms with Crippen molar-refractivity contribution in [3.63, 3.8) is 0 Å².